The molecule has 1 unspecified atom stereocenters. The van der Waals surface area contributed by atoms with Crippen molar-refractivity contribution in [3.05, 3.63) is 101 Å². The molecular weight excluding hydrogens is 583 g/mol. The van der Waals surface area contributed by atoms with Crippen LogP contribution in [-0.2, 0) is 16.0 Å². The number of rotatable bonds is 8. The summed E-state index contributed by atoms with van der Waals surface area (Å²) in [6, 6.07) is 18.2. The maximum atomic E-state index is 15.3. The Morgan fingerprint density at radius 3 is 2.70 bits per heavy atom. The fourth-order valence-electron chi connectivity index (χ4n) is 6.09. The Labute approximate surface area is 259 Å². The number of methoxy groups -OCH3 is 1. The van der Waals surface area contributed by atoms with Crippen LogP contribution in [0.1, 0.15) is 32.4 Å². The van der Waals surface area contributed by atoms with E-state index >= 15 is 4.39 Å². The fraction of sp³-hybridized carbons (Fsp3) is 0.294. The maximum Gasteiger partial charge on any atom is 0.164 e. The molecule has 1 fully saturated rings. The molecule has 1 saturated heterocycles. The molecular formula is C34H32ClFN4O4. The molecule has 0 radical (unpaired) electrons. The Morgan fingerprint density at radius 1 is 1.09 bits per heavy atom. The van der Waals surface area contributed by atoms with Crippen molar-refractivity contribution in [3.63, 3.8) is 0 Å². The molecule has 2 aliphatic rings. The van der Waals surface area contributed by atoms with Gasteiger partial charge < -0.3 is 28.8 Å². The highest BCUT2D eigenvalue weighted by atomic mass is 35.5. The van der Waals surface area contributed by atoms with Gasteiger partial charge in [-0.2, -0.15) is 0 Å². The summed E-state index contributed by atoms with van der Waals surface area (Å²) in [5.74, 6) is 0.346. The summed E-state index contributed by atoms with van der Waals surface area (Å²) < 4.78 is 41.8. The number of fused-ring (bicyclic) bond motifs is 3. The number of hydrogen-bond acceptors (Lipinski definition) is 7. The van der Waals surface area contributed by atoms with Gasteiger partial charge in [0.05, 0.1) is 23.7 Å². The van der Waals surface area contributed by atoms with E-state index in [9.17, 15) is 0 Å². The molecule has 1 aliphatic heterocycles. The van der Waals surface area contributed by atoms with E-state index in [-0.39, 0.29) is 18.2 Å². The van der Waals surface area contributed by atoms with Gasteiger partial charge >= 0.3 is 0 Å². The molecule has 0 bridgehead atoms. The van der Waals surface area contributed by atoms with Gasteiger partial charge in [-0.05, 0) is 68.3 Å². The Balaban J connectivity index is 1.15. The van der Waals surface area contributed by atoms with Crippen LogP contribution in [0.5, 0.6) is 11.5 Å². The molecule has 3 aromatic heterocycles. The van der Waals surface area contributed by atoms with Gasteiger partial charge in [0, 0.05) is 41.8 Å². The lowest BCUT2D eigenvalue weighted by molar-refractivity contribution is -0.148. The molecule has 2 aromatic carbocycles. The van der Waals surface area contributed by atoms with Crippen LogP contribution in [0.3, 0.4) is 0 Å². The van der Waals surface area contributed by atoms with Crippen molar-refractivity contribution in [1.82, 2.24) is 14.5 Å². The number of ether oxygens (including phenoxy) is 4. The number of hydrogen-bond donors (Lipinski definition) is 1. The molecule has 0 saturated carbocycles. The third-order valence-corrected chi connectivity index (χ3v) is 8.45. The number of pyridine rings is 2. The average molecular weight is 615 g/mol. The van der Waals surface area contributed by atoms with Gasteiger partial charge in [0.1, 0.15) is 47.1 Å². The van der Waals surface area contributed by atoms with E-state index in [1.807, 2.05) is 69.4 Å². The predicted octanol–water partition coefficient (Wildman–Crippen LogP) is 7.47. The summed E-state index contributed by atoms with van der Waals surface area (Å²) in [5.41, 5.74) is 3.24. The highest BCUT2D eigenvalue weighted by Crippen LogP contribution is 2.45. The molecule has 4 atom stereocenters. The summed E-state index contributed by atoms with van der Waals surface area (Å²) in [7, 11) is 1.63. The van der Waals surface area contributed by atoms with Crippen LogP contribution in [-0.4, -0.2) is 45.7 Å². The Morgan fingerprint density at radius 2 is 1.91 bits per heavy atom. The zero-order valence-corrected chi connectivity index (χ0v) is 25.5. The van der Waals surface area contributed by atoms with E-state index in [0.29, 0.717) is 34.0 Å². The van der Waals surface area contributed by atoms with Gasteiger partial charge in [-0.15, -0.1) is 0 Å². The second-order valence-corrected chi connectivity index (χ2v) is 12.0. The third-order valence-electron chi connectivity index (χ3n) is 8.17. The molecule has 226 valence electrons. The number of halogens is 2. The van der Waals surface area contributed by atoms with Crippen LogP contribution in [0.25, 0.3) is 21.9 Å². The van der Waals surface area contributed by atoms with Gasteiger partial charge in [-0.1, -0.05) is 29.8 Å². The summed E-state index contributed by atoms with van der Waals surface area (Å²) in [6.07, 6.45) is 4.90. The Kier molecular flexibility index (Phi) is 7.19. The summed E-state index contributed by atoms with van der Waals surface area (Å²) in [4.78, 5) is 9.24. The number of aromatic nitrogens is 3. The Hall–Kier alpha value is -4.18. The largest absolute Gasteiger partial charge is 0.497 e. The van der Waals surface area contributed by atoms with Gasteiger partial charge in [-0.25, -0.2) is 14.4 Å². The van der Waals surface area contributed by atoms with Crippen molar-refractivity contribution in [2.75, 3.05) is 12.4 Å². The Bertz CT molecular complexity index is 1890. The molecule has 7 rings (SSSR count). The molecule has 4 heterocycles. The molecule has 1 N–H and O–H groups in total. The van der Waals surface area contributed by atoms with Crippen LogP contribution >= 0.6 is 11.6 Å². The van der Waals surface area contributed by atoms with Crippen molar-refractivity contribution in [1.29, 1.82) is 0 Å². The first-order chi connectivity index (χ1) is 21.2. The first-order valence-electron chi connectivity index (χ1n) is 14.5. The van der Waals surface area contributed by atoms with Crippen LogP contribution in [0.2, 0.25) is 5.02 Å². The molecule has 0 spiro atoms. The van der Waals surface area contributed by atoms with Crippen molar-refractivity contribution in [2.24, 2.45) is 0 Å². The highest BCUT2D eigenvalue weighted by molar-refractivity contribution is 6.33. The summed E-state index contributed by atoms with van der Waals surface area (Å²) in [6.45, 7) is 6.24. The molecule has 44 heavy (non-hydrogen) atoms. The smallest absolute Gasteiger partial charge is 0.164 e. The lowest BCUT2D eigenvalue weighted by atomic mass is 10.1. The molecule has 1 aliphatic carbocycles. The highest BCUT2D eigenvalue weighted by Gasteiger charge is 2.52. The van der Waals surface area contributed by atoms with Crippen molar-refractivity contribution in [3.8, 4) is 11.5 Å². The van der Waals surface area contributed by atoms with Gasteiger partial charge in [0.2, 0.25) is 0 Å². The van der Waals surface area contributed by atoms with E-state index in [1.165, 1.54) is 6.07 Å². The minimum atomic E-state index is -0.767. The standard InChI is InChI=1S/C34H32ClFN4O4/c1-19(24-17-29(31-30(24)43-34(2,3)44-31)40-13-11-21-6-5-12-37-33(21)40)42-23-14-27(36)25-16-26(35)32(39-28(25)15-23)38-18-20-7-9-22(41-4)10-8-20/h5-17,19,29-31H,18H2,1-4H3,(H,38,39)/t19?,29-,30-,31+/m1/s1. The van der Waals surface area contributed by atoms with Crippen LogP contribution in [0.4, 0.5) is 10.2 Å². The fourth-order valence-corrected chi connectivity index (χ4v) is 6.31. The van der Waals surface area contributed by atoms with E-state index < -0.39 is 17.7 Å². The molecule has 8 nitrogen and oxygen atoms in total. The maximum absolute atomic E-state index is 15.3. The third kappa shape index (κ3) is 5.25. The van der Waals surface area contributed by atoms with Crippen LogP contribution < -0.4 is 14.8 Å². The van der Waals surface area contributed by atoms with Crippen LogP contribution in [0, 0.1) is 5.82 Å². The minimum Gasteiger partial charge on any atom is -0.497 e. The normalized spacial score (nSPS) is 21.3. The number of anilines is 1. The monoisotopic (exact) mass is 614 g/mol. The van der Waals surface area contributed by atoms with Gasteiger partial charge in [-0.3, -0.25) is 0 Å². The second kappa shape index (κ2) is 11.1. The van der Waals surface area contributed by atoms with E-state index in [0.717, 1.165) is 27.9 Å². The van der Waals surface area contributed by atoms with E-state index in [1.54, 1.807) is 25.4 Å². The lowest BCUT2D eigenvalue weighted by Crippen LogP contribution is -2.30. The van der Waals surface area contributed by atoms with Gasteiger partial charge in [0.25, 0.3) is 0 Å². The second-order valence-electron chi connectivity index (χ2n) is 11.6. The van der Waals surface area contributed by atoms with Crippen molar-refractivity contribution >= 4 is 39.4 Å². The van der Waals surface area contributed by atoms with E-state index in [4.69, 9.17) is 30.5 Å². The molecule has 10 heteroatoms. The molecule has 0 amide bonds. The average Bonchev–Trinajstić information content (AvgIpc) is 3.67. The van der Waals surface area contributed by atoms with E-state index in [2.05, 4.69) is 25.9 Å². The minimum absolute atomic E-state index is 0.147. The quantitative estimate of drug-likeness (QED) is 0.182. The molecule has 5 aromatic rings. The van der Waals surface area contributed by atoms with Gasteiger partial charge in [0.15, 0.2) is 5.79 Å². The zero-order chi connectivity index (χ0) is 30.6. The van der Waals surface area contributed by atoms with Crippen molar-refractivity contribution < 1.29 is 23.3 Å². The number of benzene rings is 2. The first kappa shape index (κ1) is 28.6. The zero-order valence-electron chi connectivity index (χ0n) is 24.8. The number of nitrogens with one attached hydrogen (secondary N) is 1. The summed E-state index contributed by atoms with van der Waals surface area (Å²) >= 11 is 6.48. The first-order valence-corrected chi connectivity index (χ1v) is 14.9. The van der Waals surface area contributed by atoms with Crippen molar-refractivity contribution in [2.45, 2.75) is 57.5 Å². The SMILES string of the molecule is COc1ccc(CNc2nc3cc(OC(C)C4=C[C@@H](n5ccc6cccnc65)[C@@H]5OC(C)(C)O[C@H]45)cc(F)c3cc2Cl)cc1. The topological polar surface area (TPSA) is 79.7 Å². The van der Waals surface area contributed by atoms with Crippen LogP contribution in [0.15, 0.2) is 84.7 Å². The predicted molar refractivity (Wildman–Crippen MR) is 168 cm³/mol. The lowest BCUT2D eigenvalue weighted by Gasteiger charge is -2.23. The number of nitrogens with zero attached hydrogens (tertiary/aromatic N) is 3. The summed E-state index contributed by atoms with van der Waals surface area (Å²) in [5, 5.41) is 4.94.